The van der Waals surface area contributed by atoms with Crippen LogP contribution in [0.1, 0.15) is 29.3 Å². The lowest BCUT2D eigenvalue weighted by atomic mass is 10.1. The molecule has 1 fully saturated rings. The van der Waals surface area contributed by atoms with Gasteiger partial charge >= 0.3 is 0 Å². The van der Waals surface area contributed by atoms with Crippen molar-refractivity contribution in [2.24, 2.45) is 0 Å². The summed E-state index contributed by atoms with van der Waals surface area (Å²) in [6.45, 7) is 4.27. The molecule has 1 aromatic carbocycles. The molecule has 1 N–H and O–H groups in total. The van der Waals surface area contributed by atoms with Crippen molar-refractivity contribution in [3.8, 4) is 5.75 Å². The van der Waals surface area contributed by atoms with E-state index in [4.69, 9.17) is 4.74 Å². The highest BCUT2D eigenvalue weighted by Gasteiger charge is 2.26. The lowest BCUT2D eigenvalue weighted by Crippen LogP contribution is -2.36. The zero-order chi connectivity index (χ0) is 17.9. The third-order valence-electron chi connectivity index (χ3n) is 4.53. The maximum absolute atomic E-state index is 12.6. The van der Waals surface area contributed by atoms with Crippen molar-refractivity contribution in [2.45, 2.75) is 30.0 Å². The number of rotatable bonds is 7. The van der Waals surface area contributed by atoms with Crippen molar-refractivity contribution in [2.75, 3.05) is 26.7 Å². The van der Waals surface area contributed by atoms with E-state index in [2.05, 4.69) is 9.62 Å². The molecule has 1 atom stereocenters. The molecule has 1 saturated heterocycles. The van der Waals surface area contributed by atoms with Crippen LogP contribution in [-0.4, -0.2) is 40.1 Å². The lowest BCUT2D eigenvalue weighted by molar-refractivity contribution is 0.246. The van der Waals surface area contributed by atoms with E-state index in [1.807, 2.05) is 37.3 Å². The number of methoxy groups -OCH3 is 1. The van der Waals surface area contributed by atoms with E-state index in [1.54, 1.807) is 13.2 Å². The number of benzene rings is 1. The zero-order valence-electron chi connectivity index (χ0n) is 14.6. The van der Waals surface area contributed by atoms with Gasteiger partial charge in [0.25, 0.3) is 0 Å². The first-order valence-electron chi connectivity index (χ1n) is 8.44. The van der Waals surface area contributed by atoms with Gasteiger partial charge < -0.3 is 4.74 Å². The first kappa shape index (κ1) is 18.4. The van der Waals surface area contributed by atoms with Gasteiger partial charge in [0, 0.05) is 17.5 Å². The molecule has 1 aliphatic heterocycles. The first-order chi connectivity index (χ1) is 12.0. The highest BCUT2D eigenvalue weighted by atomic mass is 32.2. The van der Waals surface area contributed by atoms with E-state index >= 15 is 0 Å². The smallest absolute Gasteiger partial charge is 0.250 e. The van der Waals surface area contributed by atoms with Crippen LogP contribution in [0.3, 0.4) is 0 Å². The van der Waals surface area contributed by atoms with Crippen LogP contribution in [0.2, 0.25) is 0 Å². The molecule has 0 spiro atoms. The van der Waals surface area contributed by atoms with Gasteiger partial charge in [-0.2, -0.15) is 0 Å². The normalized spacial score (nSPS) is 16.9. The van der Waals surface area contributed by atoms with Gasteiger partial charge in [-0.15, -0.1) is 11.3 Å². The number of aryl methyl sites for hydroxylation is 1. The molecule has 136 valence electrons. The highest BCUT2D eigenvalue weighted by molar-refractivity contribution is 7.91. The van der Waals surface area contributed by atoms with Gasteiger partial charge in [0.2, 0.25) is 10.0 Å². The highest BCUT2D eigenvalue weighted by Crippen LogP contribution is 2.27. The average Bonchev–Trinajstić information content (AvgIpc) is 3.28. The van der Waals surface area contributed by atoms with Gasteiger partial charge in [-0.25, -0.2) is 13.1 Å². The second-order valence-corrected chi connectivity index (χ2v) is 9.53. The molecule has 1 aromatic heterocycles. The molecule has 0 saturated carbocycles. The molecule has 0 radical (unpaired) electrons. The van der Waals surface area contributed by atoms with Crippen molar-refractivity contribution in [1.29, 1.82) is 0 Å². The van der Waals surface area contributed by atoms with Crippen molar-refractivity contribution < 1.29 is 13.2 Å². The van der Waals surface area contributed by atoms with E-state index in [0.717, 1.165) is 42.1 Å². The maximum Gasteiger partial charge on any atom is 0.250 e. The van der Waals surface area contributed by atoms with Crippen LogP contribution in [0, 0.1) is 6.92 Å². The quantitative estimate of drug-likeness (QED) is 0.801. The summed E-state index contributed by atoms with van der Waals surface area (Å²) in [7, 11) is -1.82. The first-order valence-corrected chi connectivity index (χ1v) is 10.7. The van der Waals surface area contributed by atoms with Gasteiger partial charge in [0.15, 0.2) is 0 Å². The second-order valence-electron chi connectivity index (χ2n) is 6.25. The fraction of sp³-hybridized carbons (Fsp3) is 0.444. The number of nitrogens with zero attached hydrogens (tertiary/aromatic N) is 1. The van der Waals surface area contributed by atoms with Crippen LogP contribution in [-0.2, 0) is 10.0 Å². The standard InChI is InChI=1S/C18H24N2O3S2/c1-14-5-10-18(24-14)25(21,22)19-13-17(20-11-3-4-12-20)15-6-8-16(23-2)9-7-15/h5-10,17,19H,3-4,11-13H2,1-2H3. The van der Waals surface area contributed by atoms with Gasteiger partial charge in [0.05, 0.1) is 7.11 Å². The Kier molecular flexibility index (Phi) is 5.78. The predicted octanol–water partition coefficient (Wildman–Crippen LogP) is 3.18. The maximum atomic E-state index is 12.6. The summed E-state index contributed by atoms with van der Waals surface area (Å²) in [6.07, 6.45) is 2.31. The third kappa shape index (κ3) is 4.41. The van der Waals surface area contributed by atoms with Crippen molar-refractivity contribution in [1.82, 2.24) is 9.62 Å². The summed E-state index contributed by atoms with van der Waals surface area (Å²) in [5, 5.41) is 0. The van der Waals surface area contributed by atoms with Crippen LogP contribution in [0.5, 0.6) is 5.75 Å². The monoisotopic (exact) mass is 380 g/mol. The molecule has 2 heterocycles. The number of nitrogens with one attached hydrogen (secondary N) is 1. The molecule has 7 heteroatoms. The SMILES string of the molecule is COc1ccc(C(CNS(=O)(=O)c2ccc(C)s2)N2CCCC2)cc1. The van der Waals surface area contributed by atoms with Gasteiger partial charge in [0.1, 0.15) is 9.96 Å². The second kappa shape index (κ2) is 7.86. The number of sulfonamides is 1. The fourth-order valence-corrected chi connectivity index (χ4v) is 5.52. The van der Waals surface area contributed by atoms with Crippen molar-refractivity contribution in [3.05, 3.63) is 46.8 Å². The molecule has 5 nitrogen and oxygen atoms in total. The Morgan fingerprint density at radius 3 is 2.40 bits per heavy atom. The van der Waals surface area contributed by atoms with Crippen molar-refractivity contribution >= 4 is 21.4 Å². The molecule has 0 bridgehead atoms. The number of likely N-dealkylation sites (tertiary alicyclic amines) is 1. The molecule has 25 heavy (non-hydrogen) atoms. The van der Waals surface area contributed by atoms with E-state index in [9.17, 15) is 8.42 Å². The molecular formula is C18H24N2O3S2. The third-order valence-corrected chi connectivity index (χ3v) is 7.45. The minimum absolute atomic E-state index is 0.0317. The predicted molar refractivity (Wildman–Crippen MR) is 101 cm³/mol. The molecular weight excluding hydrogens is 356 g/mol. The Hall–Kier alpha value is -1.41. The van der Waals surface area contributed by atoms with Gasteiger partial charge in [-0.3, -0.25) is 4.90 Å². The molecule has 3 rings (SSSR count). The van der Waals surface area contributed by atoms with Crippen molar-refractivity contribution in [3.63, 3.8) is 0 Å². The Balaban J connectivity index is 1.77. The lowest BCUT2D eigenvalue weighted by Gasteiger charge is -2.28. The number of hydrogen-bond acceptors (Lipinski definition) is 5. The summed E-state index contributed by atoms with van der Waals surface area (Å²) < 4.78 is 33.5. The van der Waals surface area contributed by atoms with Crippen LogP contribution < -0.4 is 9.46 Å². The Morgan fingerprint density at radius 2 is 1.84 bits per heavy atom. The van der Waals surface area contributed by atoms with Gasteiger partial charge in [-0.1, -0.05) is 12.1 Å². The fourth-order valence-electron chi connectivity index (χ4n) is 3.15. The molecule has 1 aliphatic rings. The summed E-state index contributed by atoms with van der Waals surface area (Å²) in [4.78, 5) is 3.34. The molecule has 0 amide bonds. The van der Waals surface area contributed by atoms with E-state index < -0.39 is 10.0 Å². The summed E-state index contributed by atoms with van der Waals surface area (Å²) in [5.41, 5.74) is 1.10. The van der Waals surface area contributed by atoms with E-state index in [0.29, 0.717) is 10.8 Å². The number of hydrogen-bond donors (Lipinski definition) is 1. The number of thiophene rings is 1. The minimum atomic E-state index is -3.47. The Labute approximate surface area is 153 Å². The molecule has 0 aliphatic carbocycles. The minimum Gasteiger partial charge on any atom is -0.497 e. The molecule has 2 aromatic rings. The Bertz CT molecular complexity index is 794. The largest absolute Gasteiger partial charge is 0.497 e. The molecule has 1 unspecified atom stereocenters. The topological polar surface area (TPSA) is 58.6 Å². The summed E-state index contributed by atoms with van der Waals surface area (Å²) >= 11 is 1.30. The Morgan fingerprint density at radius 1 is 1.16 bits per heavy atom. The zero-order valence-corrected chi connectivity index (χ0v) is 16.2. The van der Waals surface area contributed by atoms with Crippen LogP contribution in [0.25, 0.3) is 0 Å². The average molecular weight is 381 g/mol. The van der Waals surface area contributed by atoms with Crippen LogP contribution >= 0.6 is 11.3 Å². The van der Waals surface area contributed by atoms with Crippen LogP contribution in [0.15, 0.2) is 40.6 Å². The summed E-state index contributed by atoms with van der Waals surface area (Å²) in [6, 6.07) is 11.4. The van der Waals surface area contributed by atoms with Gasteiger partial charge in [-0.05, 0) is 62.7 Å². The van der Waals surface area contributed by atoms with E-state index in [-0.39, 0.29) is 6.04 Å². The number of ether oxygens (including phenoxy) is 1. The van der Waals surface area contributed by atoms with Crippen LogP contribution in [0.4, 0.5) is 0 Å². The summed E-state index contributed by atoms with van der Waals surface area (Å²) in [5.74, 6) is 0.804. The van der Waals surface area contributed by atoms with E-state index in [1.165, 1.54) is 11.3 Å².